The molecule has 1 fully saturated rings. The van der Waals surface area contributed by atoms with Gasteiger partial charge in [0.2, 0.25) is 0 Å². The molecule has 0 aliphatic carbocycles. The summed E-state index contributed by atoms with van der Waals surface area (Å²) in [6.07, 6.45) is 0. The number of morpholine rings is 1. The van der Waals surface area contributed by atoms with Gasteiger partial charge >= 0.3 is 6.03 Å². The second-order valence-corrected chi connectivity index (χ2v) is 6.26. The van der Waals surface area contributed by atoms with E-state index >= 15 is 0 Å². The zero-order valence-electron chi connectivity index (χ0n) is 12.6. The molecule has 1 aliphatic heterocycles. The zero-order valence-corrected chi connectivity index (χ0v) is 12.6. The third-order valence-corrected chi connectivity index (χ3v) is 3.57. The van der Waals surface area contributed by atoms with E-state index in [1.165, 1.54) is 0 Å². The van der Waals surface area contributed by atoms with Crippen molar-refractivity contribution in [2.24, 2.45) is 5.41 Å². The number of amides is 2. The molecule has 1 saturated heterocycles. The lowest BCUT2D eigenvalue weighted by Crippen LogP contribution is -2.49. The van der Waals surface area contributed by atoms with Crippen LogP contribution in [-0.4, -0.2) is 37.2 Å². The topological polar surface area (TPSA) is 41.6 Å². The lowest BCUT2D eigenvalue weighted by Gasteiger charge is -2.35. The molecule has 110 valence electrons. The van der Waals surface area contributed by atoms with Crippen molar-refractivity contribution in [2.45, 2.75) is 26.8 Å². The number of urea groups is 1. The highest BCUT2D eigenvalue weighted by atomic mass is 16.5. The lowest BCUT2D eigenvalue weighted by atomic mass is 9.82. The van der Waals surface area contributed by atoms with Crippen LogP contribution in [0.4, 0.5) is 4.79 Å². The first-order valence-corrected chi connectivity index (χ1v) is 7.16. The molecular weight excluding hydrogens is 252 g/mol. The minimum Gasteiger partial charge on any atom is -0.378 e. The minimum absolute atomic E-state index is 0.000884. The Balaban J connectivity index is 2.10. The van der Waals surface area contributed by atoms with Crippen molar-refractivity contribution >= 4 is 6.03 Å². The highest BCUT2D eigenvalue weighted by Crippen LogP contribution is 2.32. The van der Waals surface area contributed by atoms with Crippen molar-refractivity contribution in [2.75, 3.05) is 26.3 Å². The Morgan fingerprint density at radius 3 is 2.35 bits per heavy atom. The first kappa shape index (κ1) is 14.9. The van der Waals surface area contributed by atoms with Crippen LogP contribution in [0.1, 0.15) is 32.4 Å². The molecule has 0 bridgehead atoms. The van der Waals surface area contributed by atoms with Crippen molar-refractivity contribution < 1.29 is 9.53 Å². The first-order chi connectivity index (χ1) is 9.48. The van der Waals surface area contributed by atoms with E-state index < -0.39 is 0 Å². The molecule has 4 nitrogen and oxygen atoms in total. The maximum Gasteiger partial charge on any atom is 0.318 e. The maximum atomic E-state index is 12.4. The SMILES string of the molecule is CC(C)(C)C(NC(=O)N1CCOCC1)c1ccccc1. The molecule has 0 saturated carbocycles. The van der Waals surface area contributed by atoms with Gasteiger partial charge in [-0.15, -0.1) is 0 Å². The quantitative estimate of drug-likeness (QED) is 0.902. The van der Waals surface area contributed by atoms with Crippen LogP contribution in [0.15, 0.2) is 30.3 Å². The van der Waals surface area contributed by atoms with E-state index in [4.69, 9.17) is 4.74 Å². The van der Waals surface area contributed by atoms with Crippen LogP contribution in [0.25, 0.3) is 0 Å². The molecule has 2 amide bonds. The molecular formula is C16H24N2O2. The number of rotatable bonds is 2. The Kier molecular flexibility index (Phi) is 4.65. The summed E-state index contributed by atoms with van der Waals surface area (Å²) >= 11 is 0. The molecule has 2 rings (SSSR count). The van der Waals surface area contributed by atoms with Crippen molar-refractivity contribution in [3.05, 3.63) is 35.9 Å². The molecule has 4 heteroatoms. The summed E-state index contributed by atoms with van der Waals surface area (Å²) in [6.45, 7) is 9.01. The largest absolute Gasteiger partial charge is 0.378 e. The average molecular weight is 276 g/mol. The Labute approximate surface area is 121 Å². The van der Waals surface area contributed by atoms with Gasteiger partial charge in [0.1, 0.15) is 0 Å². The van der Waals surface area contributed by atoms with Crippen LogP contribution in [0, 0.1) is 5.41 Å². The van der Waals surface area contributed by atoms with Crippen LogP contribution in [0.2, 0.25) is 0 Å². The van der Waals surface area contributed by atoms with Gasteiger partial charge in [0.15, 0.2) is 0 Å². The average Bonchev–Trinajstić information content (AvgIpc) is 2.45. The number of nitrogens with one attached hydrogen (secondary N) is 1. The summed E-state index contributed by atoms with van der Waals surface area (Å²) in [5.41, 5.74) is 1.10. The Bertz CT molecular complexity index is 434. The molecule has 1 unspecified atom stereocenters. The van der Waals surface area contributed by atoms with Gasteiger partial charge < -0.3 is 15.0 Å². The zero-order chi connectivity index (χ0) is 14.6. The summed E-state index contributed by atoms with van der Waals surface area (Å²) in [5.74, 6) is 0. The second kappa shape index (κ2) is 6.27. The van der Waals surface area contributed by atoms with Crippen LogP contribution < -0.4 is 5.32 Å². The predicted octanol–water partition coefficient (Wildman–Crippen LogP) is 2.82. The van der Waals surface area contributed by atoms with Gasteiger partial charge in [0.25, 0.3) is 0 Å². The number of hydrogen-bond donors (Lipinski definition) is 1. The van der Waals surface area contributed by atoms with Crippen molar-refractivity contribution in [3.8, 4) is 0 Å². The summed E-state index contributed by atoms with van der Waals surface area (Å²) in [6, 6.07) is 10.1. The summed E-state index contributed by atoms with van der Waals surface area (Å²) < 4.78 is 5.29. The van der Waals surface area contributed by atoms with Gasteiger partial charge in [-0.25, -0.2) is 4.79 Å². The molecule has 1 aliphatic rings. The number of carbonyl (C=O) groups is 1. The van der Waals surface area contributed by atoms with E-state index in [2.05, 4.69) is 38.2 Å². The van der Waals surface area contributed by atoms with Gasteiger partial charge in [-0.05, 0) is 11.0 Å². The minimum atomic E-state index is -0.0384. The van der Waals surface area contributed by atoms with Gasteiger partial charge in [0, 0.05) is 13.1 Å². The van der Waals surface area contributed by atoms with Gasteiger partial charge in [-0.1, -0.05) is 51.1 Å². The first-order valence-electron chi connectivity index (χ1n) is 7.16. The Hall–Kier alpha value is -1.55. The van der Waals surface area contributed by atoms with Gasteiger partial charge in [-0.3, -0.25) is 0 Å². The van der Waals surface area contributed by atoms with E-state index in [0.717, 1.165) is 5.56 Å². The molecule has 1 aromatic rings. The number of nitrogens with zero attached hydrogens (tertiary/aromatic N) is 1. The monoisotopic (exact) mass is 276 g/mol. The summed E-state index contributed by atoms with van der Waals surface area (Å²) in [5, 5.41) is 3.17. The molecule has 1 heterocycles. The number of ether oxygens (including phenoxy) is 1. The molecule has 0 aromatic heterocycles. The predicted molar refractivity (Wildman–Crippen MR) is 79.6 cm³/mol. The molecule has 1 atom stereocenters. The molecule has 1 aromatic carbocycles. The van der Waals surface area contributed by atoms with E-state index in [1.807, 2.05) is 23.1 Å². The van der Waals surface area contributed by atoms with Crippen molar-refractivity contribution in [1.29, 1.82) is 0 Å². The van der Waals surface area contributed by atoms with Crippen molar-refractivity contribution in [1.82, 2.24) is 10.2 Å². The highest BCUT2D eigenvalue weighted by Gasteiger charge is 2.29. The standard InChI is InChI=1S/C16H24N2O2/c1-16(2,3)14(13-7-5-4-6-8-13)17-15(19)18-9-11-20-12-10-18/h4-8,14H,9-12H2,1-3H3,(H,17,19). The summed E-state index contributed by atoms with van der Waals surface area (Å²) in [7, 11) is 0. The number of carbonyl (C=O) groups excluding carboxylic acids is 1. The summed E-state index contributed by atoms with van der Waals surface area (Å²) in [4.78, 5) is 14.2. The smallest absolute Gasteiger partial charge is 0.318 e. The Morgan fingerprint density at radius 2 is 1.80 bits per heavy atom. The van der Waals surface area contributed by atoms with Crippen LogP contribution in [0.3, 0.4) is 0 Å². The normalized spacial score (nSPS) is 17.6. The van der Waals surface area contributed by atoms with Crippen LogP contribution >= 0.6 is 0 Å². The fraction of sp³-hybridized carbons (Fsp3) is 0.562. The molecule has 0 spiro atoms. The van der Waals surface area contributed by atoms with E-state index in [0.29, 0.717) is 26.3 Å². The fourth-order valence-electron chi connectivity index (χ4n) is 2.43. The van der Waals surface area contributed by atoms with Gasteiger partial charge in [0.05, 0.1) is 19.3 Å². The van der Waals surface area contributed by atoms with Crippen LogP contribution in [-0.2, 0) is 4.74 Å². The van der Waals surface area contributed by atoms with E-state index in [1.54, 1.807) is 0 Å². The molecule has 20 heavy (non-hydrogen) atoms. The van der Waals surface area contributed by atoms with E-state index in [-0.39, 0.29) is 17.5 Å². The maximum absolute atomic E-state index is 12.4. The number of benzene rings is 1. The second-order valence-electron chi connectivity index (χ2n) is 6.26. The van der Waals surface area contributed by atoms with E-state index in [9.17, 15) is 4.79 Å². The fourth-order valence-corrected chi connectivity index (χ4v) is 2.43. The molecule has 0 radical (unpaired) electrons. The van der Waals surface area contributed by atoms with Crippen LogP contribution in [0.5, 0.6) is 0 Å². The number of hydrogen-bond acceptors (Lipinski definition) is 2. The van der Waals surface area contributed by atoms with Crippen molar-refractivity contribution in [3.63, 3.8) is 0 Å². The lowest BCUT2D eigenvalue weighted by molar-refractivity contribution is 0.0512. The third kappa shape index (κ3) is 3.73. The van der Waals surface area contributed by atoms with Gasteiger partial charge in [-0.2, -0.15) is 0 Å². The molecule has 1 N–H and O–H groups in total. The third-order valence-electron chi connectivity index (χ3n) is 3.57. The Morgan fingerprint density at radius 1 is 1.20 bits per heavy atom. The highest BCUT2D eigenvalue weighted by molar-refractivity contribution is 5.75.